The zero-order chi connectivity index (χ0) is 19.0. The van der Waals surface area contributed by atoms with Crippen LogP contribution in [0.2, 0.25) is 5.02 Å². The van der Waals surface area contributed by atoms with Crippen molar-refractivity contribution in [2.75, 3.05) is 0 Å². The molecule has 27 heavy (non-hydrogen) atoms. The summed E-state index contributed by atoms with van der Waals surface area (Å²) in [5.41, 5.74) is 1.22. The molecule has 2 heterocycles. The molecule has 1 N–H and O–H groups in total. The fraction of sp³-hybridized carbons (Fsp3) is 0.0588. The quantitative estimate of drug-likeness (QED) is 0.566. The molecule has 10 heteroatoms. The molecule has 2 aliphatic heterocycles. The zero-order valence-electron chi connectivity index (χ0n) is 13.5. The summed E-state index contributed by atoms with van der Waals surface area (Å²) >= 11 is 8.49. The zero-order valence-corrected chi connectivity index (χ0v) is 15.9. The van der Waals surface area contributed by atoms with E-state index in [1.165, 1.54) is 35.9 Å². The van der Waals surface area contributed by atoms with Crippen LogP contribution in [0.5, 0.6) is 0 Å². The van der Waals surface area contributed by atoms with E-state index in [1.807, 2.05) is 12.1 Å². The van der Waals surface area contributed by atoms with E-state index in [4.69, 9.17) is 11.6 Å². The van der Waals surface area contributed by atoms with Gasteiger partial charge in [0.2, 0.25) is 0 Å². The molecule has 0 spiro atoms. The fourth-order valence-corrected chi connectivity index (χ4v) is 4.58. The predicted molar refractivity (Wildman–Crippen MR) is 107 cm³/mol. The number of nitro groups is 1. The molecular formula is C17H11ClN4O3S2. The van der Waals surface area contributed by atoms with Gasteiger partial charge in [-0.05, 0) is 30.3 Å². The van der Waals surface area contributed by atoms with Gasteiger partial charge in [-0.25, -0.2) is 15.0 Å². The third-order valence-corrected chi connectivity index (χ3v) is 6.34. The lowest BCUT2D eigenvalue weighted by atomic mass is 10.2. The molecule has 1 atom stereocenters. The number of hydrogen-bond acceptors (Lipinski definition) is 8. The van der Waals surface area contributed by atoms with E-state index in [0.29, 0.717) is 26.2 Å². The van der Waals surface area contributed by atoms with Crippen LogP contribution in [0.25, 0.3) is 0 Å². The summed E-state index contributed by atoms with van der Waals surface area (Å²) in [5, 5.41) is 23.2. The number of nitro benzene ring substituents is 1. The van der Waals surface area contributed by atoms with Crippen molar-refractivity contribution in [1.29, 1.82) is 0 Å². The summed E-state index contributed by atoms with van der Waals surface area (Å²) in [7, 11) is 0. The molecule has 0 radical (unpaired) electrons. The lowest BCUT2D eigenvalue weighted by molar-refractivity contribution is -0.387. The topological polar surface area (TPSA) is 91.3 Å². The van der Waals surface area contributed by atoms with Gasteiger partial charge < -0.3 is 0 Å². The molecule has 7 nitrogen and oxygen atoms in total. The lowest BCUT2D eigenvalue weighted by Gasteiger charge is -2.20. The minimum absolute atomic E-state index is 0.00305. The maximum absolute atomic E-state index is 11.6. The highest BCUT2D eigenvalue weighted by Crippen LogP contribution is 2.39. The molecule has 0 aliphatic carbocycles. The highest BCUT2D eigenvalue weighted by Gasteiger charge is 2.32. The number of nitrogens with zero attached hydrogens (tertiary/aromatic N) is 4. The minimum atomic E-state index is -0.407. The van der Waals surface area contributed by atoms with Crippen LogP contribution in [0.15, 0.2) is 74.1 Å². The Morgan fingerprint density at radius 1 is 1.26 bits per heavy atom. The van der Waals surface area contributed by atoms with Crippen LogP contribution in [-0.2, 0) is 0 Å². The molecule has 0 saturated carbocycles. The first-order chi connectivity index (χ1) is 13.0. The van der Waals surface area contributed by atoms with Gasteiger partial charge >= 0.3 is 0 Å². The van der Waals surface area contributed by atoms with E-state index in [2.05, 4.69) is 9.98 Å². The average molecular weight is 419 g/mol. The molecule has 2 aliphatic rings. The van der Waals surface area contributed by atoms with Crippen LogP contribution in [0, 0.1) is 10.1 Å². The number of halogens is 1. The smallest absolute Gasteiger partial charge is 0.283 e. The first-order valence-corrected chi connectivity index (χ1v) is 9.77. The lowest BCUT2D eigenvalue weighted by Crippen LogP contribution is -2.29. The summed E-state index contributed by atoms with van der Waals surface area (Å²) in [5.74, 6) is 0. The second kappa shape index (κ2) is 7.35. The van der Waals surface area contributed by atoms with E-state index in [9.17, 15) is 15.3 Å². The van der Waals surface area contributed by atoms with Gasteiger partial charge in [0.1, 0.15) is 11.4 Å². The molecule has 0 amide bonds. The number of rotatable bonds is 4. The summed E-state index contributed by atoms with van der Waals surface area (Å²) in [6.07, 6.45) is 2.87. The maximum Gasteiger partial charge on any atom is 0.283 e. The van der Waals surface area contributed by atoms with Gasteiger partial charge in [-0.2, -0.15) is 0 Å². The Hall–Kier alpha value is -2.33. The van der Waals surface area contributed by atoms with Crippen molar-refractivity contribution in [1.82, 2.24) is 5.06 Å². The number of hydrogen-bond donors (Lipinski definition) is 1. The van der Waals surface area contributed by atoms with Gasteiger partial charge in [0, 0.05) is 21.5 Å². The van der Waals surface area contributed by atoms with Crippen LogP contribution in [-0.4, -0.2) is 31.9 Å². The number of thioether (sulfide) groups is 1. The van der Waals surface area contributed by atoms with Gasteiger partial charge in [-0.1, -0.05) is 41.2 Å². The summed E-state index contributed by atoms with van der Waals surface area (Å²) < 4.78 is 0. The predicted octanol–water partition coefficient (Wildman–Crippen LogP) is 4.79. The molecule has 2 aromatic rings. The number of benzene rings is 2. The molecule has 1 unspecified atom stereocenters. The first kappa shape index (κ1) is 18.1. The summed E-state index contributed by atoms with van der Waals surface area (Å²) in [6.45, 7) is 0. The van der Waals surface area contributed by atoms with Crippen molar-refractivity contribution in [3.8, 4) is 0 Å². The summed E-state index contributed by atoms with van der Waals surface area (Å²) in [4.78, 5) is 20.9. The second-order valence-corrected chi connectivity index (χ2v) is 8.20. The van der Waals surface area contributed by atoms with Crippen LogP contribution < -0.4 is 0 Å². The summed E-state index contributed by atoms with van der Waals surface area (Å²) in [6, 6.07) is 12.1. The number of fused-ring (bicyclic) bond motifs is 1. The van der Waals surface area contributed by atoms with E-state index in [1.54, 1.807) is 30.5 Å². The monoisotopic (exact) mass is 418 g/mol. The standard InChI is InChI=1S/C17H11ClN4O3S2/c18-11-2-4-12(5-3-11)26-15-6-1-10(7-14(15)22(24)25)16-20-13-8-19-9-21(23)17(13)27-16/h1-9,17,23H. The van der Waals surface area contributed by atoms with Gasteiger partial charge in [0.25, 0.3) is 5.69 Å². The van der Waals surface area contributed by atoms with Crippen molar-refractivity contribution >= 4 is 52.2 Å². The second-order valence-electron chi connectivity index (χ2n) is 5.58. The third-order valence-electron chi connectivity index (χ3n) is 3.78. The molecule has 2 aromatic carbocycles. The Kier molecular flexibility index (Phi) is 4.92. The van der Waals surface area contributed by atoms with Crippen LogP contribution in [0.4, 0.5) is 5.69 Å². The first-order valence-electron chi connectivity index (χ1n) is 7.69. The van der Waals surface area contributed by atoms with Crippen molar-refractivity contribution < 1.29 is 10.1 Å². The number of hydroxylamine groups is 2. The minimum Gasteiger partial charge on any atom is -0.286 e. The Labute approximate surface area is 167 Å². The fourth-order valence-electron chi connectivity index (χ4n) is 2.53. The molecule has 4 rings (SSSR count). The maximum atomic E-state index is 11.6. The van der Waals surface area contributed by atoms with Crippen molar-refractivity contribution in [2.24, 2.45) is 9.98 Å². The van der Waals surface area contributed by atoms with Crippen molar-refractivity contribution in [3.63, 3.8) is 0 Å². The van der Waals surface area contributed by atoms with E-state index < -0.39 is 4.92 Å². The molecule has 136 valence electrons. The van der Waals surface area contributed by atoms with Crippen LogP contribution >= 0.6 is 35.1 Å². The van der Waals surface area contributed by atoms with Crippen LogP contribution in [0.3, 0.4) is 0 Å². The highest BCUT2D eigenvalue weighted by atomic mass is 35.5. The Morgan fingerprint density at radius 2 is 2.04 bits per heavy atom. The van der Waals surface area contributed by atoms with Gasteiger partial charge in [0.15, 0.2) is 5.37 Å². The molecule has 0 fully saturated rings. The highest BCUT2D eigenvalue weighted by molar-refractivity contribution is 8.15. The van der Waals surface area contributed by atoms with Gasteiger partial charge in [0.05, 0.1) is 21.7 Å². The van der Waals surface area contributed by atoms with Gasteiger partial charge in [-0.15, -0.1) is 0 Å². The SMILES string of the molecule is O=[N+]([O-])c1cc(C2=NC3=CN=CN(O)C3S2)ccc1Sc1ccc(Cl)cc1. The van der Waals surface area contributed by atoms with Crippen LogP contribution in [0.1, 0.15) is 5.56 Å². The normalized spacial score (nSPS) is 18.1. The van der Waals surface area contributed by atoms with E-state index in [0.717, 1.165) is 9.96 Å². The van der Waals surface area contributed by atoms with Crippen molar-refractivity contribution in [2.45, 2.75) is 15.2 Å². The molecular weight excluding hydrogens is 408 g/mol. The largest absolute Gasteiger partial charge is 0.286 e. The number of aliphatic imine (C=N–C) groups is 2. The molecule has 0 aromatic heterocycles. The van der Waals surface area contributed by atoms with Gasteiger partial charge in [-0.3, -0.25) is 15.3 Å². The molecule has 0 bridgehead atoms. The third kappa shape index (κ3) is 3.72. The van der Waals surface area contributed by atoms with E-state index >= 15 is 0 Å². The average Bonchev–Trinajstić information content (AvgIpc) is 3.09. The van der Waals surface area contributed by atoms with E-state index in [-0.39, 0.29) is 11.1 Å². The Bertz CT molecular complexity index is 1010. The Morgan fingerprint density at radius 3 is 2.74 bits per heavy atom. The molecule has 0 saturated heterocycles. The van der Waals surface area contributed by atoms with Crippen molar-refractivity contribution in [3.05, 3.63) is 75.1 Å². The Balaban J connectivity index is 1.65.